The topological polar surface area (TPSA) is 52.6 Å². The average Bonchev–Trinajstić information content (AvgIpc) is 2.87. The summed E-state index contributed by atoms with van der Waals surface area (Å²) in [5.41, 5.74) is 4.73. The number of nitrogens with zero attached hydrogens (tertiary/aromatic N) is 3. The summed E-state index contributed by atoms with van der Waals surface area (Å²) >= 11 is 0. The molecule has 33 heavy (non-hydrogen) atoms. The number of hydrogen-bond donors (Lipinski definition) is 2. The Hall–Kier alpha value is -2.45. The van der Waals surface area contributed by atoms with Crippen LogP contribution in [0, 0.1) is 0 Å². The van der Waals surface area contributed by atoms with Crippen LogP contribution in [-0.4, -0.2) is 42.0 Å². The quantitative estimate of drug-likeness (QED) is 0.248. The van der Waals surface area contributed by atoms with Gasteiger partial charge in [-0.1, -0.05) is 54.6 Å². The van der Waals surface area contributed by atoms with Gasteiger partial charge in [0.15, 0.2) is 5.96 Å². The monoisotopic (exact) mass is 555 g/mol. The van der Waals surface area contributed by atoms with E-state index < -0.39 is 0 Å². The molecule has 5 nitrogen and oxygen atoms in total. The molecule has 0 spiro atoms. The van der Waals surface area contributed by atoms with E-state index in [2.05, 4.69) is 87.0 Å². The number of halogens is 1. The minimum Gasteiger partial charge on any atom is -0.354 e. The van der Waals surface area contributed by atoms with E-state index in [9.17, 15) is 0 Å². The van der Waals surface area contributed by atoms with Gasteiger partial charge in [-0.3, -0.25) is 14.9 Å². The molecule has 1 atom stereocenters. The van der Waals surface area contributed by atoms with Crippen LogP contribution in [0.15, 0.2) is 84.0 Å². The number of pyridine rings is 1. The highest BCUT2D eigenvalue weighted by atomic mass is 127. The van der Waals surface area contributed by atoms with E-state index in [1.807, 2.05) is 31.4 Å². The van der Waals surface area contributed by atoms with Gasteiger partial charge in [-0.15, -0.1) is 24.0 Å². The summed E-state index contributed by atoms with van der Waals surface area (Å²) in [6.07, 6.45) is 4.07. The molecule has 0 bridgehead atoms. The van der Waals surface area contributed by atoms with Crippen molar-refractivity contribution in [2.24, 2.45) is 4.99 Å². The highest BCUT2D eigenvalue weighted by Gasteiger charge is 2.24. The molecule has 2 heterocycles. The molecule has 1 fully saturated rings. The molecule has 2 aromatic carbocycles. The van der Waals surface area contributed by atoms with Crippen LogP contribution in [-0.2, 0) is 6.54 Å². The largest absolute Gasteiger partial charge is 0.354 e. The number of rotatable bonds is 6. The number of hydrogen-bond acceptors (Lipinski definition) is 3. The van der Waals surface area contributed by atoms with Crippen LogP contribution in [0.1, 0.15) is 36.9 Å². The summed E-state index contributed by atoms with van der Waals surface area (Å²) in [6, 6.07) is 26.2. The van der Waals surface area contributed by atoms with Crippen LogP contribution < -0.4 is 10.6 Å². The zero-order valence-electron chi connectivity index (χ0n) is 19.4. The molecule has 1 aliphatic heterocycles. The predicted molar refractivity (Wildman–Crippen MR) is 148 cm³/mol. The summed E-state index contributed by atoms with van der Waals surface area (Å²) < 4.78 is 0. The number of benzene rings is 2. The minimum atomic E-state index is 0. The van der Waals surface area contributed by atoms with E-state index in [4.69, 9.17) is 0 Å². The Morgan fingerprint density at radius 1 is 1.03 bits per heavy atom. The fourth-order valence-corrected chi connectivity index (χ4v) is 4.32. The lowest BCUT2D eigenvalue weighted by molar-refractivity contribution is 0.158. The van der Waals surface area contributed by atoms with Crippen LogP contribution in [0.3, 0.4) is 0 Å². The van der Waals surface area contributed by atoms with Crippen molar-refractivity contribution in [1.29, 1.82) is 0 Å². The summed E-state index contributed by atoms with van der Waals surface area (Å²) in [6.45, 7) is 5.22. The Morgan fingerprint density at radius 3 is 2.48 bits per heavy atom. The zero-order valence-corrected chi connectivity index (χ0v) is 21.8. The van der Waals surface area contributed by atoms with Gasteiger partial charge in [-0.2, -0.15) is 0 Å². The second kappa shape index (κ2) is 12.7. The van der Waals surface area contributed by atoms with Crippen molar-refractivity contribution in [2.45, 2.75) is 38.4 Å². The molecule has 3 aromatic rings. The van der Waals surface area contributed by atoms with E-state index >= 15 is 0 Å². The van der Waals surface area contributed by atoms with Crippen molar-refractivity contribution >= 4 is 29.9 Å². The number of piperidine rings is 1. The molecule has 1 unspecified atom stereocenters. The highest BCUT2D eigenvalue weighted by molar-refractivity contribution is 14.0. The van der Waals surface area contributed by atoms with E-state index in [1.54, 1.807) is 0 Å². The van der Waals surface area contributed by atoms with E-state index in [0.29, 0.717) is 12.1 Å². The number of aromatic nitrogens is 1. The summed E-state index contributed by atoms with van der Waals surface area (Å²) in [5, 5.41) is 7.10. The van der Waals surface area contributed by atoms with Gasteiger partial charge >= 0.3 is 0 Å². The second-order valence-electron chi connectivity index (χ2n) is 8.38. The number of nitrogens with one attached hydrogen (secondary N) is 2. The van der Waals surface area contributed by atoms with Crippen molar-refractivity contribution < 1.29 is 0 Å². The van der Waals surface area contributed by atoms with Crippen LogP contribution >= 0.6 is 24.0 Å². The van der Waals surface area contributed by atoms with Crippen LogP contribution in [0.5, 0.6) is 0 Å². The number of aliphatic imine (C=N–C) groups is 1. The lowest BCUT2D eigenvalue weighted by Crippen LogP contribution is -2.48. The van der Waals surface area contributed by atoms with Gasteiger partial charge in [0.05, 0.1) is 5.69 Å². The summed E-state index contributed by atoms with van der Waals surface area (Å²) in [5.74, 6) is 0.864. The third-order valence-electron chi connectivity index (χ3n) is 6.27. The lowest BCUT2D eigenvalue weighted by atomic mass is 10.0. The van der Waals surface area contributed by atoms with Crippen LogP contribution in [0.4, 0.5) is 0 Å². The Kier molecular flexibility index (Phi) is 9.69. The fourth-order valence-electron chi connectivity index (χ4n) is 4.32. The third kappa shape index (κ3) is 7.01. The van der Waals surface area contributed by atoms with Gasteiger partial charge in [0.1, 0.15) is 0 Å². The smallest absolute Gasteiger partial charge is 0.191 e. The maximum atomic E-state index is 4.46. The van der Waals surface area contributed by atoms with Crippen LogP contribution in [0.2, 0.25) is 0 Å². The molecule has 174 valence electrons. The van der Waals surface area contributed by atoms with Crippen molar-refractivity contribution in [1.82, 2.24) is 20.5 Å². The first kappa shape index (κ1) is 25.2. The average molecular weight is 556 g/mol. The minimum absolute atomic E-state index is 0. The first-order chi connectivity index (χ1) is 15.7. The third-order valence-corrected chi connectivity index (χ3v) is 6.27. The Labute approximate surface area is 214 Å². The van der Waals surface area contributed by atoms with Crippen molar-refractivity contribution in [3.05, 3.63) is 90.1 Å². The molecule has 0 amide bonds. The van der Waals surface area contributed by atoms with Gasteiger partial charge in [-0.05, 0) is 49.1 Å². The highest BCUT2D eigenvalue weighted by Crippen LogP contribution is 2.24. The number of likely N-dealkylation sites (tertiary alicyclic amines) is 1. The van der Waals surface area contributed by atoms with Gasteiger partial charge in [0, 0.05) is 50.5 Å². The molecule has 0 radical (unpaired) electrons. The molecular formula is C27H34IN5. The SMILES string of the molecule is CN=C(NCc1cccc(-c2ccccn2)c1)NC1CCN(C(C)c2ccccc2)CC1.I. The Morgan fingerprint density at radius 2 is 1.79 bits per heavy atom. The Balaban J connectivity index is 0.00000306. The maximum absolute atomic E-state index is 4.46. The summed E-state index contributed by atoms with van der Waals surface area (Å²) in [4.78, 5) is 11.5. The molecule has 1 saturated heterocycles. The zero-order chi connectivity index (χ0) is 22.2. The summed E-state index contributed by atoms with van der Waals surface area (Å²) in [7, 11) is 1.84. The molecule has 6 heteroatoms. The molecule has 0 aliphatic carbocycles. The van der Waals surface area contributed by atoms with E-state index in [1.165, 1.54) is 11.1 Å². The molecule has 1 aromatic heterocycles. The van der Waals surface area contributed by atoms with Gasteiger partial charge in [0.25, 0.3) is 0 Å². The van der Waals surface area contributed by atoms with Crippen molar-refractivity contribution in [3.63, 3.8) is 0 Å². The van der Waals surface area contributed by atoms with Gasteiger partial charge in [0.2, 0.25) is 0 Å². The first-order valence-corrected chi connectivity index (χ1v) is 11.5. The molecule has 0 saturated carbocycles. The van der Waals surface area contributed by atoms with Gasteiger partial charge < -0.3 is 10.6 Å². The number of guanidine groups is 1. The standard InChI is InChI=1S/C27H33N5.HI/c1-21(23-10-4-3-5-11-23)32-17-14-25(15-18-32)31-27(28-2)30-20-22-9-8-12-24(19-22)26-13-6-7-16-29-26;/h3-13,16,19,21,25H,14-15,17-18,20H2,1-2H3,(H2,28,30,31);1H. The van der Waals surface area contributed by atoms with Crippen molar-refractivity contribution in [3.8, 4) is 11.3 Å². The first-order valence-electron chi connectivity index (χ1n) is 11.5. The molecular weight excluding hydrogens is 521 g/mol. The van der Waals surface area contributed by atoms with Crippen LogP contribution in [0.25, 0.3) is 11.3 Å². The molecule has 2 N–H and O–H groups in total. The van der Waals surface area contributed by atoms with Gasteiger partial charge in [-0.25, -0.2) is 0 Å². The fraction of sp³-hybridized carbons (Fsp3) is 0.333. The van der Waals surface area contributed by atoms with E-state index in [-0.39, 0.29) is 24.0 Å². The normalized spacial score (nSPS) is 16.0. The predicted octanol–water partition coefficient (Wildman–Crippen LogP) is 5.26. The Bertz CT molecular complexity index is 1000. The molecule has 1 aliphatic rings. The van der Waals surface area contributed by atoms with E-state index in [0.717, 1.165) is 49.7 Å². The lowest BCUT2D eigenvalue weighted by Gasteiger charge is -2.37. The maximum Gasteiger partial charge on any atom is 0.191 e. The molecule has 4 rings (SSSR count). The van der Waals surface area contributed by atoms with Crippen molar-refractivity contribution in [2.75, 3.05) is 20.1 Å². The second-order valence-corrected chi connectivity index (χ2v) is 8.38.